The molecule has 1 saturated heterocycles. The molecule has 2 aromatic carbocycles. The average molecular weight is 527 g/mol. The lowest BCUT2D eigenvalue weighted by atomic mass is 9.89. The number of carbonyl (C=O) groups excluding carboxylic acids is 2. The van der Waals surface area contributed by atoms with Crippen molar-refractivity contribution in [2.45, 2.75) is 23.3 Å². The minimum Gasteiger partial charge on any atom is -0.391 e. The molecule has 1 aliphatic rings. The van der Waals surface area contributed by atoms with Crippen LogP contribution in [-0.4, -0.2) is 46.8 Å². The zero-order valence-corrected chi connectivity index (χ0v) is 19.6. The summed E-state index contributed by atoms with van der Waals surface area (Å²) in [6.07, 6.45) is 2.04. The topological polar surface area (TPSA) is 150 Å². The first kappa shape index (κ1) is 24.1. The number of hydrogen-bond acceptors (Lipinski definition) is 9. The van der Waals surface area contributed by atoms with E-state index < -0.39 is 40.0 Å². The second kappa shape index (κ2) is 8.64. The number of sulfonamides is 1. The van der Waals surface area contributed by atoms with E-state index in [1.807, 2.05) is 0 Å². The first-order valence-electron chi connectivity index (χ1n) is 9.54. The predicted molar refractivity (Wildman–Crippen MR) is 117 cm³/mol. The van der Waals surface area contributed by atoms with Gasteiger partial charge in [0.25, 0.3) is 0 Å². The lowest BCUT2D eigenvalue weighted by Crippen LogP contribution is -2.60. The molecular weight excluding hydrogens is 511 g/mol. The Bertz CT molecular complexity index is 1350. The normalized spacial score (nSPS) is 17.2. The van der Waals surface area contributed by atoms with Crippen molar-refractivity contribution in [2.75, 3.05) is 6.54 Å². The minimum absolute atomic E-state index is 0.0992. The van der Waals surface area contributed by atoms with E-state index >= 15 is 0 Å². The molecule has 1 fully saturated rings. The Kier molecular flexibility index (Phi) is 6.12. The molecule has 0 aliphatic carbocycles. The van der Waals surface area contributed by atoms with Crippen molar-refractivity contribution >= 4 is 45.2 Å². The Morgan fingerprint density at radius 3 is 2.32 bits per heavy atom. The fourth-order valence-electron chi connectivity index (χ4n) is 3.37. The third-order valence-corrected chi connectivity index (χ3v) is 7.06. The highest BCUT2D eigenvalue weighted by Crippen LogP contribution is 2.46. The first-order valence-corrected chi connectivity index (χ1v) is 11.8. The van der Waals surface area contributed by atoms with Gasteiger partial charge >= 0.3 is 17.8 Å². The SMILES string of the molecule is Cc1ccc(S(=O)(=O)NCC(O)(c2ccc(Cl)cc2Cl)C2(n3cncn3)OC(=O)C(=O)O2)cc1. The Hall–Kier alpha value is -3.03. The lowest BCUT2D eigenvalue weighted by Gasteiger charge is -2.40. The molecule has 0 spiro atoms. The van der Waals surface area contributed by atoms with Gasteiger partial charge in [0, 0.05) is 15.6 Å². The van der Waals surface area contributed by atoms with Gasteiger partial charge in [0.2, 0.25) is 15.6 Å². The number of nitrogens with one attached hydrogen (secondary N) is 1. The molecular formula is C20H16Cl2N4O7S. The quantitative estimate of drug-likeness (QED) is 0.344. The number of nitrogens with zero attached hydrogens (tertiary/aromatic N) is 3. The largest absolute Gasteiger partial charge is 0.422 e. The fourth-order valence-corrected chi connectivity index (χ4v) is 4.99. The third-order valence-electron chi connectivity index (χ3n) is 5.10. The Morgan fingerprint density at radius 1 is 1.12 bits per heavy atom. The van der Waals surface area contributed by atoms with Gasteiger partial charge in [-0.25, -0.2) is 27.7 Å². The number of aliphatic hydroxyl groups is 1. The molecule has 4 rings (SSSR count). The second-order valence-electron chi connectivity index (χ2n) is 7.32. The number of halogens is 2. The van der Waals surface area contributed by atoms with E-state index in [1.54, 1.807) is 19.1 Å². The lowest BCUT2D eigenvalue weighted by molar-refractivity contribution is -0.320. The Balaban J connectivity index is 1.86. The highest BCUT2D eigenvalue weighted by Gasteiger charge is 2.67. The van der Waals surface area contributed by atoms with Gasteiger partial charge in [-0.05, 0) is 31.2 Å². The number of esters is 2. The molecule has 11 nitrogen and oxygen atoms in total. The van der Waals surface area contributed by atoms with E-state index in [-0.39, 0.29) is 20.5 Å². The van der Waals surface area contributed by atoms with Gasteiger partial charge in [0.15, 0.2) is 0 Å². The highest BCUT2D eigenvalue weighted by molar-refractivity contribution is 7.89. The molecule has 0 radical (unpaired) electrons. The molecule has 1 atom stereocenters. The number of cyclic esters (lactones) is 2. The third kappa shape index (κ3) is 4.03. The van der Waals surface area contributed by atoms with Crippen LogP contribution >= 0.6 is 23.2 Å². The van der Waals surface area contributed by atoms with Crippen molar-refractivity contribution in [3.8, 4) is 0 Å². The van der Waals surface area contributed by atoms with Crippen LogP contribution in [0.3, 0.4) is 0 Å². The molecule has 1 unspecified atom stereocenters. The maximum Gasteiger partial charge on any atom is 0.422 e. The zero-order valence-electron chi connectivity index (χ0n) is 17.3. The minimum atomic E-state index is -4.20. The molecule has 0 amide bonds. The Labute approximate surface area is 203 Å². The number of ether oxygens (including phenoxy) is 2. The molecule has 0 bridgehead atoms. The van der Waals surface area contributed by atoms with Crippen LogP contribution in [0.2, 0.25) is 10.0 Å². The van der Waals surface area contributed by atoms with Crippen molar-refractivity contribution in [3.63, 3.8) is 0 Å². The molecule has 14 heteroatoms. The number of rotatable bonds is 7. The summed E-state index contributed by atoms with van der Waals surface area (Å²) in [6.45, 7) is 0.917. The van der Waals surface area contributed by atoms with Gasteiger partial charge in [-0.3, -0.25) is 0 Å². The van der Waals surface area contributed by atoms with E-state index in [1.165, 1.54) is 30.3 Å². The van der Waals surface area contributed by atoms with E-state index in [9.17, 15) is 23.1 Å². The van der Waals surface area contributed by atoms with Gasteiger partial charge in [0.05, 0.1) is 11.4 Å². The molecule has 1 aliphatic heterocycles. The monoisotopic (exact) mass is 526 g/mol. The van der Waals surface area contributed by atoms with Crippen LogP contribution in [-0.2, 0) is 40.6 Å². The van der Waals surface area contributed by atoms with Gasteiger partial charge in [-0.15, -0.1) is 0 Å². The summed E-state index contributed by atoms with van der Waals surface area (Å²) in [5.74, 6) is -5.58. The summed E-state index contributed by atoms with van der Waals surface area (Å²) in [5.41, 5.74) is -1.98. The molecule has 2 heterocycles. The number of hydrogen-bond donors (Lipinski definition) is 2. The summed E-state index contributed by atoms with van der Waals surface area (Å²) >= 11 is 12.3. The first-order chi connectivity index (χ1) is 16.0. The van der Waals surface area contributed by atoms with E-state index in [4.69, 9.17) is 32.7 Å². The summed E-state index contributed by atoms with van der Waals surface area (Å²) in [7, 11) is -4.20. The van der Waals surface area contributed by atoms with Crippen molar-refractivity contribution in [2.24, 2.45) is 0 Å². The van der Waals surface area contributed by atoms with Crippen LogP contribution in [0.25, 0.3) is 0 Å². The van der Waals surface area contributed by atoms with Crippen molar-refractivity contribution < 1.29 is 32.6 Å². The number of benzene rings is 2. The van der Waals surface area contributed by atoms with Crippen LogP contribution in [0.1, 0.15) is 11.1 Å². The van der Waals surface area contributed by atoms with E-state index in [0.29, 0.717) is 0 Å². The Morgan fingerprint density at radius 2 is 1.76 bits per heavy atom. The van der Waals surface area contributed by atoms with Crippen LogP contribution in [0.4, 0.5) is 0 Å². The molecule has 34 heavy (non-hydrogen) atoms. The van der Waals surface area contributed by atoms with Crippen LogP contribution in [0.15, 0.2) is 60.0 Å². The second-order valence-corrected chi connectivity index (χ2v) is 9.93. The fraction of sp³-hybridized carbons (Fsp3) is 0.200. The van der Waals surface area contributed by atoms with Gasteiger partial charge in [-0.1, -0.05) is 47.0 Å². The highest BCUT2D eigenvalue weighted by atomic mass is 35.5. The van der Waals surface area contributed by atoms with E-state index in [2.05, 4.69) is 14.8 Å². The summed E-state index contributed by atoms with van der Waals surface area (Å²) in [5, 5.41) is 15.9. The summed E-state index contributed by atoms with van der Waals surface area (Å²) < 4.78 is 39.3. The van der Waals surface area contributed by atoms with Crippen LogP contribution in [0, 0.1) is 6.92 Å². The molecule has 178 valence electrons. The molecule has 0 saturated carbocycles. The number of carbonyl (C=O) groups is 2. The summed E-state index contributed by atoms with van der Waals surface area (Å²) in [4.78, 5) is 27.8. The molecule has 1 aromatic heterocycles. The van der Waals surface area contributed by atoms with Gasteiger partial charge in [0.1, 0.15) is 12.7 Å². The maximum absolute atomic E-state index is 13.0. The predicted octanol–water partition coefficient (Wildman–Crippen LogP) is 1.47. The van der Waals surface area contributed by atoms with Crippen molar-refractivity contribution in [3.05, 3.63) is 76.3 Å². The zero-order chi connectivity index (χ0) is 24.7. The van der Waals surface area contributed by atoms with Crippen LogP contribution in [0.5, 0.6) is 0 Å². The van der Waals surface area contributed by atoms with Crippen molar-refractivity contribution in [1.82, 2.24) is 19.5 Å². The van der Waals surface area contributed by atoms with E-state index in [0.717, 1.165) is 22.9 Å². The van der Waals surface area contributed by atoms with Crippen molar-refractivity contribution in [1.29, 1.82) is 0 Å². The van der Waals surface area contributed by atoms with Gasteiger partial charge in [-0.2, -0.15) is 9.78 Å². The maximum atomic E-state index is 13.0. The molecule has 3 aromatic rings. The smallest absolute Gasteiger partial charge is 0.391 e. The van der Waals surface area contributed by atoms with Crippen LogP contribution < -0.4 is 4.72 Å². The molecule has 2 N–H and O–H groups in total. The average Bonchev–Trinajstić information content (AvgIpc) is 3.42. The standard InChI is InChI=1S/C20H16Cl2N4O7S/c1-12-2-5-14(6-3-12)34(30,31)25-9-19(29,15-7-4-13(21)8-16(15)22)20(26-11-23-10-24-26)32-17(27)18(28)33-20/h2-8,10-11,25,29H,9H2,1H3. The van der Waals surface area contributed by atoms with Gasteiger partial charge < -0.3 is 14.6 Å². The number of aromatic nitrogens is 3. The number of aryl methyl sites for hydroxylation is 1. The summed E-state index contributed by atoms with van der Waals surface area (Å²) in [6, 6.07) is 9.82.